The minimum Gasteiger partial charge on any atom is -0.484 e. The number of hydrogen-bond acceptors (Lipinski definition) is 3. The zero-order valence-electron chi connectivity index (χ0n) is 15.6. The lowest BCUT2D eigenvalue weighted by atomic mass is 10.2. The van der Waals surface area contributed by atoms with Crippen LogP contribution in [0.2, 0.25) is 10.0 Å². The van der Waals surface area contributed by atoms with Crippen LogP contribution in [0.4, 0.5) is 11.4 Å². The Balaban J connectivity index is 1.55. The molecule has 0 aliphatic heterocycles. The maximum Gasteiger partial charge on any atom is 0.262 e. The Morgan fingerprint density at radius 2 is 1.62 bits per heavy atom. The van der Waals surface area contributed by atoms with E-state index in [0.717, 1.165) is 0 Å². The monoisotopic (exact) mass is 428 g/mol. The topological polar surface area (TPSA) is 58.6 Å². The number of ether oxygens (including phenoxy) is 1. The Morgan fingerprint density at radius 3 is 2.28 bits per heavy atom. The van der Waals surface area contributed by atoms with Crippen LogP contribution in [-0.4, -0.2) is 25.5 Å². The van der Waals surface area contributed by atoms with E-state index in [-0.39, 0.29) is 18.4 Å². The second kappa shape index (κ2) is 9.45. The quantitative estimate of drug-likeness (QED) is 0.580. The summed E-state index contributed by atoms with van der Waals surface area (Å²) in [5.74, 6) is 0.0720. The molecule has 3 rings (SSSR count). The van der Waals surface area contributed by atoms with Gasteiger partial charge in [-0.05, 0) is 54.6 Å². The molecule has 148 valence electrons. The fourth-order valence-corrected chi connectivity index (χ4v) is 2.88. The summed E-state index contributed by atoms with van der Waals surface area (Å²) in [6, 6.07) is 20.8. The molecule has 0 radical (unpaired) electrons. The fourth-order valence-electron chi connectivity index (χ4n) is 2.58. The highest BCUT2D eigenvalue weighted by molar-refractivity contribution is 6.42. The normalized spacial score (nSPS) is 10.3. The molecule has 0 heterocycles. The lowest BCUT2D eigenvalue weighted by Crippen LogP contribution is -2.26. The molecular weight excluding hydrogens is 411 g/mol. The van der Waals surface area contributed by atoms with Gasteiger partial charge in [0, 0.05) is 24.0 Å². The van der Waals surface area contributed by atoms with Crippen molar-refractivity contribution in [3.8, 4) is 5.75 Å². The average molecular weight is 429 g/mol. The molecule has 0 spiro atoms. The second-order valence-electron chi connectivity index (χ2n) is 6.19. The van der Waals surface area contributed by atoms with Gasteiger partial charge >= 0.3 is 0 Å². The second-order valence-corrected chi connectivity index (χ2v) is 7.00. The molecule has 0 aliphatic carbocycles. The molecular formula is C22H18Cl2N2O3. The molecule has 0 aliphatic rings. The van der Waals surface area contributed by atoms with Crippen molar-refractivity contribution in [2.24, 2.45) is 0 Å². The van der Waals surface area contributed by atoms with E-state index in [2.05, 4.69) is 5.32 Å². The van der Waals surface area contributed by atoms with Gasteiger partial charge in [0.05, 0.1) is 10.0 Å². The van der Waals surface area contributed by atoms with E-state index in [9.17, 15) is 9.59 Å². The minimum absolute atomic E-state index is 0.111. The van der Waals surface area contributed by atoms with Gasteiger partial charge in [0.2, 0.25) is 0 Å². The highest BCUT2D eigenvalue weighted by atomic mass is 35.5. The molecule has 0 fully saturated rings. The average Bonchev–Trinajstić information content (AvgIpc) is 2.75. The van der Waals surface area contributed by atoms with Crippen LogP contribution >= 0.6 is 23.2 Å². The van der Waals surface area contributed by atoms with Crippen molar-refractivity contribution in [2.45, 2.75) is 0 Å². The third-order valence-corrected chi connectivity index (χ3v) is 4.86. The summed E-state index contributed by atoms with van der Waals surface area (Å²) in [5.41, 5.74) is 1.85. The molecule has 0 unspecified atom stereocenters. The summed E-state index contributed by atoms with van der Waals surface area (Å²) < 4.78 is 5.50. The fraction of sp³-hybridized carbons (Fsp3) is 0.0909. The smallest absolute Gasteiger partial charge is 0.262 e. The van der Waals surface area contributed by atoms with Crippen molar-refractivity contribution >= 4 is 46.4 Å². The number of halogens is 2. The maximum absolute atomic E-state index is 12.5. The summed E-state index contributed by atoms with van der Waals surface area (Å²) in [4.78, 5) is 26.1. The van der Waals surface area contributed by atoms with E-state index >= 15 is 0 Å². The SMILES string of the molecule is CN(C(=O)c1ccccc1)c1ccc(OCC(=O)Nc2ccc(Cl)c(Cl)c2)cc1. The van der Waals surface area contributed by atoms with E-state index in [0.29, 0.717) is 32.7 Å². The van der Waals surface area contributed by atoms with Gasteiger partial charge in [0.15, 0.2) is 6.61 Å². The molecule has 0 saturated carbocycles. The number of anilines is 2. The van der Waals surface area contributed by atoms with Crippen molar-refractivity contribution < 1.29 is 14.3 Å². The highest BCUT2D eigenvalue weighted by Gasteiger charge is 2.13. The molecule has 0 saturated heterocycles. The van der Waals surface area contributed by atoms with Crippen LogP contribution in [0.25, 0.3) is 0 Å². The number of nitrogens with one attached hydrogen (secondary N) is 1. The predicted octanol–water partition coefficient (Wildman–Crippen LogP) is 5.29. The number of hydrogen-bond donors (Lipinski definition) is 1. The van der Waals surface area contributed by atoms with Crippen molar-refractivity contribution in [3.05, 3.63) is 88.4 Å². The third-order valence-electron chi connectivity index (χ3n) is 4.12. The van der Waals surface area contributed by atoms with Crippen LogP contribution in [0.15, 0.2) is 72.8 Å². The first-order valence-electron chi connectivity index (χ1n) is 8.75. The Hall–Kier alpha value is -3.02. The van der Waals surface area contributed by atoms with Gasteiger partial charge in [-0.2, -0.15) is 0 Å². The molecule has 0 atom stereocenters. The highest BCUT2D eigenvalue weighted by Crippen LogP contribution is 2.25. The van der Waals surface area contributed by atoms with Gasteiger partial charge in [0.1, 0.15) is 5.75 Å². The standard InChI is InChI=1S/C22H18Cl2N2O3/c1-26(22(28)15-5-3-2-4-6-15)17-8-10-18(11-9-17)29-14-21(27)25-16-7-12-19(23)20(24)13-16/h2-13H,14H2,1H3,(H,25,27). The first kappa shape index (κ1) is 20.7. The zero-order valence-corrected chi connectivity index (χ0v) is 17.1. The number of carbonyl (C=O) groups excluding carboxylic acids is 2. The van der Waals surface area contributed by atoms with E-state index in [1.807, 2.05) is 18.2 Å². The summed E-state index contributed by atoms with van der Waals surface area (Å²) >= 11 is 11.8. The van der Waals surface area contributed by atoms with Crippen molar-refractivity contribution in [2.75, 3.05) is 23.9 Å². The molecule has 0 aromatic heterocycles. The van der Waals surface area contributed by atoms with Crippen LogP contribution in [-0.2, 0) is 4.79 Å². The first-order valence-corrected chi connectivity index (χ1v) is 9.50. The first-order chi connectivity index (χ1) is 13.9. The molecule has 2 amide bonds. The maximum atomic E-state index is 12.5. The summed E-state index contributed by atoms with van der Waals surface area (Å²) in [6.45, 7) is -0.168. The number of benzene rings is 3. The van der Waals surface area contributed by atoms with Crippen LogP contribution in [0, 0.1) is 0 Å². The van der Waals surface area contributed by atoms with Crippen LogP contribution in [0.5, 0.6) is 5.75 Å². The number of amides is 2. The molecule has 29 heavy (non-hydrogen) atoms. The van der Waals surface area contributed by atoms with Crippen molar-refractivity contribution in [1.82, 2.24) is 0 Å². The van der Waals surface area contributed by atoms with Gasteiger partial charge in [0.25, 0.3) is 11.8 Å². The van der Waals surface area contributed by atoms with Gasteiger partial charge in [-0.3, -0.25) is 9.59 Å². The Morgan fingerprint density at radius 1 is 0.931 bits per heavy atom. The number of carbonyl (C=O) groups is 2. The van der Waals surface area contributed by atoms with E-state index in [1.54, 1.807) is 66.5 Å². The van der Waals surface area contributed by atoms with Crippen molar-refractivity contribution in [3.63, 3.8) is 0 Å². The molecule has 5 nitrogen and oxygen atoms in total. The van der Waals surface area contributed by atoms with E-state index < -0.39 is 0 Å². The Bertz CT molecular complexity index is 1010. The molecule has 3 aromatic carbocycles. The predicted molar refractivity (Wildman–Crippen MR) is 116 cm³/mol. The van der Waals surface area contributed by atoms with Gasteiger partial charge in [-0.15, -0.1) is 0 Å². The van der Waals surface area contributed by atoms with E-state index in [4.69, 9.17) is 27.9 Å². The summed E-state index contributed by atoms with van der Waals surface area (Å²) in [5, 5.41) is 3.45. The molecule has 1 N–H and O–H groups in total. The lowest BCUT2D eigenvalue weighted by molar-refractivity contribution is -0.118. The number of rotatable bonds is 6. The summed E-state index contributed by atoms with van der Waals surface area (Å²) in [6.07, 6.45) is 0. The van der Waals surface area contributed by atoms with Gasteiger partial charge in [-0.25, -0.2) is 0 Å². The van der Waals surface area contributed by atoms with Gasteiger partial charge in [-0.1, -0.05) is 41.4 Å². The largest absolute Gasteiger partial charge is 0.484 e. The van der Waals surface area contributed by atoms with Crippen molar-refractivity contribution in [1.29, 1.82) is 0 Å². The zero-order chi connectivity index (χ0) is 20.8. The Kier molecular flexibility index (Phi) is 6.75. The van der Waals surface area contributed by atoms with Gasteiger partial charge < -0.3 is 15.0 Å². The molecule has 7 heteroatoms. The number of nitrogens with zero attached hydrogens (tertiary/aromatic N) is 1. The lowest BCUT2D eigenvalue weighted by Gasteiger charge is -2.18. The molecule has 0 bridgehead atoms. The van der Waals surface area contributed by atoms with Crippen LogP contribution in [0.1, 0.15) is 10.4 Å². The van der Waals surface area contributed by atoms with Crippen LogP contribution < -0.4 is 15.0 Å². The van der Waals surface area contributed by atoms with Crippen LogP contribution in [0.3, 0.4) is 0 Å². The minimum atomic E-state index is -0.330. The van der Waals surface area contributed by atoms with E-state index in [1.165, 1.54) is 0 Å². The summed E-state index contributed by atoms with van der Waals surface area (Å²) in [7, 11) is 1.70. The Labute approximate surface area is 178 Å². The third kappa shape index (κ3) is 5.50. The molecule has 3 aromatic rings.